The first-order valence-electron chi connectivity index (χ1n) is 4.41. The molecule has 15 heavy (non-hydrogen) atoms. The van der Waals surface area contributed by atoms with E-state index in [-0.39, 0.29) is 0 Å². The van der Waals surface area contributed by atoms with Crippen LogP contribution >= 0.6 is 0 Å². The van der Waals surface area contributed by atoms with Crippen LogP contribution in [0.4, 0.5) is 5.69 Å². The molecule has 0 aliphatic carbocycles. The molecule has 1 rings (SSSR count). The Balaban J connectivity index is 2.67. The predicted octanol–water partition coefficient (Wildman–Crippen LogP) is 0.978. The van der Waals surface area contributed by atoms with Crippen LogP contribution in [0.2, 0.25) is 0 Å². The number of nitrogens with one attached hydrogen (secondary N) is 1. The molecule has 0 radical (unpaired) electrons. The van der Waals surface area contributed by atoms with E-state index in [4.69, 9.17) is 0 Å². The molecule has 0 unspecified atom stereocenters. The molecule has 0 saturated carbocycles. The second-order valence-corrected chi connectivity index (χ2v) is 5.63. The van der Waals surface area contributed by atoms with Crippen LogP contribution in [0.15, 0.2) is 24.3 Å². The van der Waals surface area contributed by atoms with Crippen molar-refractivity contribution >= 4 is 21.4 Å². The van der Waals surface area contributed by atoms with E-state index in [9.17, 15) is 13.2 Å². The van der Waals surface area contributed by atoms with Crippen molar-refractivity contribution in [2.45, 2.75) is 6.92 Å². The third kappa shape index (κ3) is 4.60. The van der Waals surface area contributed by atoms with Crippen molar-refractivity contribution in [3.8, 4) is 0 Å². The van der Waals surface area contributed by atoms with Gasteiger partial charge in [0.1, 0.15) is 5.75 Å². The zero-order valence-electron chi connectivity index (χ0n) is 8.65. The molecular weight excluding hydrogens is 214 g/mol. The van der Waals surface area contributed by atoms with E-state index in [0.717, 1.165) is 11.8 Å². The first-order chi connectivity index (χ1) is 6.87. The van der Waals surface area contributed by atoms with Gasteiger partial charge in [-0.2, -0.15) is 0 Å². The Morgan fingerprint density at radius 2 is 2.07 bits per heavy atom. The van der Waals surface area contributed by atoms with Crippen molar-refractivity contribution in [3.05, 3.63) is 29.8 Å². The lowest BCUT2D eigenvalue weighted by molar-refractivity contribution is -0.113. The maximum atomic E-state index is 11.2. The van der Waals surface area contributed by atoms with Gasteiger partial charge in [0.25, 0.3) is 0 Å². The number of hydrogen-bond donors (Lipinski definition) is 1. The molecule has 1 amide bonds. The van der Waals surface area contributed by atoms with Crippen LogP contribution in [0, 0.1) is 6.92 Å². The summed E-state index contributed by atoms with van der Waals surface area (Å²) in [5.74, 6) is -0.996. The molecule has 0 saturated heterocycles. The Labute approximate surface area is 89.2 Å². The quantitative estimate of drug-likeness (QED) is 0.837. The summed E-state index contributed by atoms with van der Waals surface area (Å²) >= 11 is 0. The number of amides is 1. The zero-order valence-corrected chi connectivity index (χ0v) is 9.47. The van der Waals surface area contributed by atoms with Gasteiger partial charge in [0.2, 0.25) is 5.91 Å². The second-order valence-electron chi connectivity index (χ2n) is 3.49. The molecule has 0 atom stereocenters. The molecule has 0 heterocycles. The maximum absolute atomic E-state index is 11.2. The number of aryl methyl sites for hydroxylation is 1. The van der Waals surface area contributed by atoms with Gasteiger partial charge in [0, 0.05) is 11.9 Å². The monoisotopic (exact) mass is 227 g/mol. The van der Waals surface area contributed by atoms with Crippen LogP contribution in [0.1, 0.15) is 5.56 Å². The summed E-state index contributed by atoms with van der Waals surface area (Å²) in [5, 5.41) is 2.52. The molecule has 0 spiro atoms. The minimum atomic E-state index is -3.27. The van der Waals surface area contributed by atoms with Gasteiger partial charge in [-0.15, -0.1) is 0 Å². The lowest BCUT2D eigenvalue weighted by Crippen LogP contribution is -2.21. The van der Waals surface area contributed by atoms with Crippen LogP contribution in [-0.2, 0) is 14.6 Å². The van der Waals surface area contributed by atoms with Crippen molar-refractivity contribution in [1.82, 2.24) is 0 Å². The zero-order chi connectivity index (χ0) is 11.5. The van der Waals surface area contributed by atoms with Crippen LogP contribution in [0.3, 0.4) is 0 Å². The summed E-state index contributed by atoms with van der Waals surface area (Å²) in [6, 6.07) is 7.19. The summed E-state index contributed by atoms with van der Waals surface area (Å²) in [6.45, 7) is 1.90. The molecular formula is C10H13NO3S. The van der Waals surface area contributed by atoms with Gasteiger partial charge in [-0.1, -0.05) is 12.1 Å². The molecule has 1 aromatic rings. The van der Waals surface area contributed by atoms with E-state index in [0.29, 0.717) is 5.69 Å². The highest BCUT2D eigenvalue weighted by Crippen LogP contribution is 2.09. The lowest BCUT2D eigenvalue weighted by Gasteiger charge is -2.04. The molecule has 0 aliphatic rings. The normalized spacial score (nSPS) is 11.1. The number of hydrogen-bond acceptors (Lipinski definition) is 3. The number of sulfone groups is 1. The van der Waals surface area contributed by atoms with Gasteiger partial charge < -0.3 is 5.32 Å². The molecule has 0 aromatic heterocycles. The number of benzene rings is 1. The summed E-state index contributed by atoms with van der Waals surface area (Å²) in [7, 11) is -3.27. The summed E-state index contributed by atoms with van der Waals surface area (Å²) in [4.78, 5) is 11.2. The van der Waals surface area contributed by atoms with E-state index in [1.807, 2.05) is 13.0 Å². The van der Waals surface area contributed by atoms with Crippen molar-refractivity contribution in [2.75, 3.05) is 17.3 Å². The Bertz CT molecular complexity index is 465. The minimum Gasteiger partial charge on any atom is -0.325 e. The standard InChI is InChI=1S/C10H13NO3S/c1-8-4-3-5-9(6-8)11-10(12)7-15(2,13)14/h3-6H,7H2,1-2H3,(H,11,12). The Morgan fingerprint density at radius 3 is 2.60 bits per heavy atom. The average molecular weight is 227 g/mol. The highest BCUT2D eigenvalue weighted by atomic mass is 32.2. The lowest BCUT2D eigenvalue weighted by atomic mass is 10.2. The molecule has 4 nitrogen and oxygen atoms in total. The Hall–Kier alpha value is -1.36. The van der Waals surface area contributed by atoms with E-state index < -0.39 is 21.5 Å². The van der Waals surface area contributed by atoms with Crippen molar-refractivity contribution in [3.63, 3.8) is 0 Å². The smallest absolute Gasteiger partial charge is 0.239 e. The summed E-state index contributed by atoms with van der Waals surface area (Å²) in [6.07, 6.45) is 1.03. The summed E-state index contributed by atoms with van der Waals surface area (Å²) < 4.78 is 21.7. The van der Waals surface area contributed by atoms with Crippen LogP contribution in [-0.4, -0.2) is 26.3 Å². The number of anilines is 1. The molecule has 5 heteroatoms. The second kappa shape index (κ2) is 4.44. The van der Waals surface area contributed by atoms with Crippen LogP contribution < -0.4 is 5.32 Å². The largest absolute Gasteiger partial charge is 0.325 e. The minimum absolute atomic E-state index is 0.485. The fourth-order valence-corrected chi connectivity index (χ4v) is 1.71. The van der Waals surface area contributed by atoms with Gasteiger partial charge in [0.05, 0.1) is 0 Å². The molecule has 82 valence electrons. The van der Waals surface area contributed by atoms with E-state index in [1.54, 1.807) is 18.2 Å². The highest BCUT2D eigenvalue weighted by Gasteiger charge is 2.10. The predicted molar refractivity (Wildman–Crippen MR) is 59.5 cm³/mol. The van der Waals surface area contributed by atoms with E-state index in [2.05, 4.69) is 5.32 Å². The Morgan fingerprint density at radius 1 is 1.40 bits per heavy atom. The SMILES string of the molecule is Cc1cccc(NC(=O)CS(C)(=O)=O)c1. The molecule has 1 N–H and O–H groups in total. The third-order valence-corrected chi connectivity index (χ3v) is 2.48. The van der Waals surface area contributed by atoms with Crippen molar-refractivity contribution in [1.29, 1.82) is 0 Å². The van der Waals surface area contributed by atoms with Crippen LogP contribution in [0.5, 0.6) is 0 Å². The molecule has 1 aromatic carbocycles. The topological polar surface area (TPSA) is 63.2 Å². The van der Waals surface area contributed by atoms with E-state index in [1.165, 1.54) is 0 Å². The maximum Gasteiger partial charge on any atom is 0.239 e. The van der Waals surface area contributed by atoms with Gasteiger partial charge >= 0.3 is 0 Å². The van der Waals surface area contributed by atoms with Gasteiger partial charge in [-0.3, -0.25) is 4.79 Å². The number of carbonyl (C=O) groups excluding carboxylic acids is 1. The molecule has 0 aliphatic heterocycles. The van der Waals surface area contributed by atoms with Crippen molar-refractivity contribution in [2.24, 2.45) is 0 Å². The summed E-state index contributed by atoms with van der Waals surface area (Å²) in [5.41, 5.74) is 1.62. The number of rotatable bonds is 3. The van der Waals surface area contributed by atoms with Gasteiger partial charge in [0.15, 0.2) is 9.84 Å². The van der Waals surface area contributed by atoms with Crippen molar-refractivity contribution < 1.29 is 13.2 Å². The van der Waals surface area contributed by atoms with Crippen LogP contribution in [0.25, 0.3) is 0 Å². The van der Waals surface area contributed by atoms with Gasteiger partial charge in [-0.25, -0.2) is 8.42 Å². The first kappa shape index (κ1) is 11.7. The first-order valence-corrected chi connectivity index (χ1v) is 6.47. The fraction of sp³-hybridized carbons (Fsp3) is 0.300. The van der Waals surface area contributed by atoms with E-state index >= 15 is 0 Å². The third-order valence-electron chi connectivity index (χ3n) is 1.70. The molecule has 0 fully saturated rings. The highest BCUT2D eigenvalue weighted by molar-refractivity contribution is 7.91. The van der Waals surface area contributed by atoms with Gasteiger partial charge in [-0.05, 0) is 24.6 Å². The number of carbonyl (C=O) groups is 1. The average Bonchev–Trinajstić information content (AvgIpc) is 1.99. The molecule has 0 bridgehead atoms. The fourth-order valence-electron chi connectivity index (χ4n) is 1.16. The Kier molecular flexibility index (Phi) is 3.47.